The summed E-state index contributed by atoms with van der Waals surface area (Å²) in [5, 5.41) is 3.74. The van der Waals surface area contributed by atoms with Crippen LogP contribution in [0, 0.1) is 5.82 Å². The van der Waals surface area contributed by atoms with Gasteiger partial charge < -0.3 is 10.2 Å². The molecule has 1 heterocycles. The van der Waals surface area contributed by atoms with Gasteiger partial charge in [-0.3, -0.25) is 0 Å². The molecule has 106 valence electrons. The first kappa shape index (κ1) is 14.5. The minimum Gasteiger partial charge on any atom is -0.306 e. The molecular formula is C16H25FN2. The van der Waals surface area contributed by atoms with E-state index in [9.17, 15) is 4.39 Å². The molecule has 1 aliphatic heterocycles. The summed E-state index contributed by atoms with van der Waals surface area (Å²) in [4.78, 5) is 2.50. The highest BCUT2D eigenvalue weighted by molar-refractivity contribution is 5.20. The molecule has 1 aromatic rings. The standard InChI is InChI=1S/C16H25FN2/c1-3-16(13-7-9-14(17)10-8-13)18-15-6-5-11-19(4-2)12-15/h7-10,15-16,18H,3-6,11-12H2,1-2H3. The molecule has 1 saturated heterocycles. The molecule has 0 amide bonds. The summed E-state index contributed by atoms with van der Waals surface area (Å²) in [5.41, 5.74) is 1.19. The molecule has 0 spiro atoms. The highest BCUT2D eigenvalue weighted by Crippen LogP contribution is 2.20. The van der Waals surface area contributed by atoms with E-state index in [4.69, 9.17) is 0 Å². The summed E-state index contributed by atoms with van der Waals surface area (Å²) < 4.78 is 13.0. The van der Waals surface area contributed by atoms with Gasteiger partial charge in [0.05, 0.1) is 0 Å². The Morgan fingerprint density at radius 3 is 2.68 bits per heavy atom. The quantitative estimate of drug-likeness (QED) is 0.877. The van der Waals surface area contributed by atoms with Gasteiger partial charge in [0.15, 0.2) is 0 Å². The van der Waals surface area contributed by atoms with Crippen molar-refractivity contribution in [3.05, 3.63) is 35.6 Å². The summed E-state index contributed by atoms with van der Waals surface area (Å²) in [7, 11) is 0. The molecule has 1 aromatic carbocycles. The van der Waals surface area contributed by atoms with Crippen molar-refractivity contribution in [2.75, 3.05) is 19.6 Å². The second-order valence-corrected chi connectivity index (χ2v) is 5.41. The zero-order chi connectivity index (χ0) is 13.7. The van der Waals surface area contributed by atoms with Crippen LogP contribution in [0.1, 0.15) is 44.7 Å². The smallest absolute Gasteiger partial charge is 0.123 e. The molecule has 2 unspecified atom stereocenters. The predicted octanol–water partition coefficient (Wildman–Crippen LogP) is 3.35. The average Bonchev–Trinajstić information content (AvgIpc) is 2.46. The van der Waals surface area contributed by atoms with E-state index in [0.29, 0.717) is 12.1 Å². The summed E-state index contributed by atoms with van der Waals surface area (Å²) in [6.07, 6.45) is 3.55. The fourth-order valence-electron chi connectivity index (χ4n) is 2.91. The van der Waals surface area contributed by atoms with Gasteiger partial charge in [-0.05, 0) is 50.0 Å². The van der Waals surface area contributed by atoms with Crippen molar-refractivity contribution in [3.8, 4) is 0 Å². The molecular weight excluding hydrogens is 239 g/mol. The van der Waals surface area contributed by atoms with Crippen LogP contribution in [0.3, 0.4) is 0 Å². The largest absolute Gasteiger partial charge is 0.306 e. The molecule has 2 rings (SSSR count). The third-order valence-electron chi connectivity index (χ3n) is 4.07. The van der Waals surface area contributed by atoms with E-state index in [1.165, 1.54) is 24.9 Å². The fraction of sp³-hybridized carbons (Fsp3) is 0.625. The topological polar surface area (TPSA) is 15.3 Å². The van der Waals surface area contributed by atoms with E-state index in [-0.39, 0.29) is 5.82 Å². The Balaban J connectivity index is 1.96. The van der Waals surface area contributed by atoms with Crippen LogP contribution < -0.4 is 5.32 Å². The lowest BCUT2D eigenvalue weighted by molar-refractivity contribution is 0.189. The zero-order valence-corrected chi connectivity index (χ0v) is 12.0. The van der Waals surface area contributed by atoms with Gasteiger partial charge >= 0.3 is 0 Å². The summed E-state index contributed by atoms with van der Waals surface area (Å²) >= 11 is 0. The maximum Gasteiger partial charge on any atom is 0.123 e. The molecule has 0 radical (unpaired) electrons. The van der Waals surface area contributed by atoms with Crippen molar-refractivity contribution in [2.24, 2.45) is 0 Å². The lowest BCUT2D eigenvalue weighted by Gasteiger charge is -2.34. The van der Waals surface area contributed by atoms with Gasteiger partial charge in [-0.2, -0.15) is 0 Å². The lowest BCUT2D eigenvalue weighted by Crippen LogP contribution is -2.46. The normalized spacial score (nSPS) is 22.4. The van der Waals surface area contributed by atoms with Crippen molar-refractivity contribution in [2.45, 2.75) is 45.2 Å². The molecule has 1 fully saturated rings. The van der Waals surface area contributed by atoms with Gasteiger partial charge in [0.25, 0.3) is 0 Å². The van der Waals surface area contributed by atoms with E-state index >= 15 is 0 Å². The molecule has 1 aliphatic rings. The van der Waals surface area contributed by atoms with Crippen molar-refractivity contribution >= 4 is 0 Å². The molecule has 2 atom stereocenters. The van der Waals surface area contributed by atoms with Crippen LogP contribution in [-0.4, -0.2) is 30.6 Å². The maximum absolute atomic E-state index is 13.0. The van der Waals surface area contributed by atoms with Crippen LogP contribution in [0.2, 0.25) is 0 Å². The van der Waals surface area contributed by atoms with E-state index in [0.717, 1.165) is 19.5 Å². The number of hydrogen-bond acceptors (Lipinski definition) is 2. The third-order valence-corrected chi connectivity index (χ3v) is 4.07. The zero-order valence-electron chi connectivity index (χ0n) is 12.0. The fourth-order valence-corrected chi connectivity index (χ4v) is 2.91. The minimum absolute atomic E-state index is 0.159. The van der Waals surface area contributed by atoms with Crippen LogP contribution >= 0.6 is 0 Å². The van der Waals surface area contributed by atoms with Gasteiger partial charge in [-0.25, -0.2) is 4.39 Å². The van der Waals surface area contributed by atoms with Crippen LogP contribution in [0.25, 0.3) is 0 Å². The van der Waals surface area contributed by atoms with Gasteiger partial charge in [0, 0.05) is 18.6 Å². The van der Waals surface area contributed by atoms with Crippen LogP contribution in [0.5, 0.6) is 0 Å². The molecule has 2 nitrogen and oxygen atoms in total. The molecule has 19 heavy (non-hydrogen) atoms. The predicted molar refractivity (Wildman–Crippen MR) is 77.7 cm³/mol. The Bertz CT molecular complexity index is 377. The number of likely N-dealkylation sites (tertiary alicyclic amines) is 1. The monoisotopic (exact) mass is 264 g/mol. The number of hydrogen-bond donors (Lipinski definition) is 1. The Morgan fingerprint density at radius 1 is 1.32 bits per heavy atom. The minimum atomic E-state index is -0.159. The first-order chi connectivity index (χ1) is 9.22. The molecule has 3 heteroatoms. The van der Waals surface area contributed by atoms with Gasteiger partial charge in [-0.1, -0.05) is 26.0 Å². The second kappa shape index (κ2) is 7.01. The Kier molecular flexibility index (Phi) is 5.34. The molecule has 0 aromatic heterocycles. The van der Waals surface area contributed by atoms with E-state index in [2.05, 4.69) is 24.1 Å². The molecule has 1 N–H and O–H groups in total. The second-order valence-electron chi connectivity index (χ2n) is 5.41. The van der Waals surface area contributed by atoms with Gasteiger partial charge in [-0.15, -0.1) is 0 Å². The van der Waals surface area contributed by atoms with E-state index < -0.39 is 0 Å². The Labute approximate surface area is 116 Å². The Hall–Kier alpha value is -0.930. The van der Waals surface area contributed by atoms with Gasteiger partial charge in [0.2, 0.25) is 0 Å². The summed E-state index contributed by atoms with van der Waals surface area (Å²) in [5.74, 6) is -0.159. The van der Waals surface area contributed by atoms with Crippen molar-refractivity contribution < 1.29 is 4.39 Å². The first-order valence-corrected chi connectivity index (χ1v) is 7.46. The first-order valence-electron chi connectivity index (χ1n) is 7.46. The van der Waals surface area contributed by atoms with Crippen molar-refractivity contribution in [1.82, 2.24) is 10.2 Å². The number of nitrogens with zero attached hydrogens (tertiary/aromatic N) is 1. The number of halogens is 1. The summed E-state index contributed by atoms with van der Waals surface area (Å²) in [6.45, 7) is 7.89. The highest BCUT2D eigenvalue weighted by atomic mass is 19.1. The number of rotatable bonds is 5. The van der Waals surface area contributed by atoms with Gasteiger partial charge in [0.1, 0.15) is 5.82 Å². The van der Waals surface area contributed by atoms with Crippen molar-refractivity contribution in [3.63, 3.8) is 0 Å². The number of nitrogens with one attached hydrogen (secondary N) is 1. The molecule has 0 saturated carbocycles. The third kappa shape index (κ3) is 4.02. The average molecular weight is 264 g/mol. The van der Waals surface area contributed by atoms with Crippen LogP contribution in [0.4, 0.5) is 4.39 Å². The number of benzene rings is 1. The maximum atomic E-state index is 13.0. The van der Waals surface area contributed by atoms with E-state index in [1.807, 2.05) is 12.1 Å². The lowest BCUT2D eigenvalue weighted by atomic mass is 10.00. The van der Waals surface area contributed by atoms with E-state index in [1.54, 1.807) is 12.1 Å². The molecule has 0 bridgehead atoms. The highest BCUT2D eigenvalue weighted by Gasteiger charge is 2.21. The number of likely N-dealkylation sites (N-methyl/N-ethyl adjacent to an activating group) is 1. The number of piperidine rings is 1. The van der Waals surface area contributed by atoms with Crippen molar-refractivity contribution in [1.29, 1.82) is 0 Å². The SMILES string of the molecule is CCC(NC1CCCN(CC)C1)c1ccc(F)cc1. The van der Waals surface area contributed by atoms with Crippen LogP contribution in [0.15, 0.2) is 24.3 Å². The Morgan fingerprint density at radius 2 is 2.05 bits per heavy atom. The van der Waals surface area contributed by atoms with Crippen LogP contribution in [-0.2, 0) is 0 Å². The molecule has 0 aliphatic carbocycles. The summed E-state index contributed by atoms with van der Waals surface area (Å²) in [6, 6.07) is 7.80.